The molecule has 3 heteroatoms. The van der Waals surface area contributed by atoms with Crippen molar-refractivity contribution >= 4 is 104 Å². The van der Waals surface area contributed by atoms with Crippen molar-refractivity contribution in [3.8, 4) is 39.1 Å². The normalized spacial score (nSPS) is 13.3. The minimum absolute atomic E-state index is 0.910. The van der Waals surface area contributed by atoms with Gasteiger partial charge in [0, 0.05) is 49.3 Å². The van der Waals surface area contributed by atoms with E-state index in [0.29, 0.717) is 0 Å². The summed E-state index contributed by atoms with van der Waals surface area (Å²) >= 11 is 0. The molecule has 3 heterocycles. The molecule has 0 fully saturated rings. The second-order valence-corrected chi connectivity index (χ2v) is 20.6. The molecule has 3 aromatic heterocycles. The van der Waals surface area contributed by atoms with Crippen LogP contribution in [0, 0.1) is 0 Å². The number of allylic oxidation sites excluding steroid dienone is 9. The van der Waals surface area contributed by atoms with Crippen molar-refractivity contribution in [2.24, 2.45) is 0 Å². The van der Waals surface area contributed by atoms with E-state index in [9.17, 15) is 0 Å². The Kier molecular flexibility index (Phi) is 10.7. The summed E-state index contributed by atoms with van der Waals surface area (Å²) in [5.41, 5.74) is 20.6. The average molecular weight is 997 g/mol. The molecule has 0 saturated heterocycles. The van der Waals surface area contributed by atoms with Gasteiger partial charge in [-0.1, -0.05) is 207 Å². The van der Waals surface area contributed by atoms with E-state index in [1.807, 2.05) is 18.2 Å². The van der Waals surface area contributed by atoms with Crippen LogP contribution in [0.25, 0.3) is 143 Å². The van der Waals surface area contributed by atoms with Crippen molar-refractivity contribution in [1.29, 1.82) is 0 Å². The molecule has 0 atom stereocenters. The zero-order valence-electron chi connectivity index (χ0n) is 43.3. The summed E-state index contributed by atoms with van der Waals surface area (Å²) in [4.78, 5) is 0. The van der Waals surface area contributed by atoms with Crippen LogP contribution in [0.1, 0.15) is 30.9 Å². The van der Waals surface area contributed by atoms with Gasteiger partial charge in [-0.2, -0.15) is 0 Å². The number of furan rings is 1. The lowest BCUT2D eigenvalue weighted by atomic mass is 9.86. The molecule has 0 spiro atoms. The molecular weight excluding hydrogens is 945 g/mol. The highest BCUT2D eigenvalue weighted by Gasteiger charge is 2.22. The molecule has 0 radical (unpaired) electrons. The van der Waals surface area contributed by atoms with Crippen LogP contribution in [0.3, 0.4) is 0 Å². The molecule has 1 aliphatic rings. The number of fused-ring (bicyclic) bond motifs is 13. The minimum atomic E-state index is 0.910. The highest BCUT2D eigenvalue weighted by atomic mass is 16.3. The van der Waals surface area contributed by atoms with E-state index in [-0.39, 0.29) is 0 Å². The zero-order valence-corrected chi connectivity index (χ0v) is 43.3. The van der Waals surface area contributed by atoms with Gasteiger partial charge >= 0.3 is 0 Å². The average Bonchev–Trinajstić information content (AvgIpc) is 4.22. The lowest BCUT2D eigenvalue weighted by molar-refractivity contribution is 0.670. The molecule has 0 unspecified atom stereocenters. The van der Waals surface area contributed by atoms with E-state index in [1.165, 1.54) is 93.1 Å². The molecule has 0 bridgehead atoms. The predicted octanol–water partition coefficient (Wildman–Crippen LogP) is 21.0. The number of para-hydroxylation sites is 3. The molecule has 15 rings (SSSR count). The number of aromatic nitrogens is 2. The molecule has 3 nitrogen and oxygen atoms in total. The van der Waals surface area contributed by atoms with Crippen LogP contribution < -0.4 is 0 Å². The Balaban J connectivity index is 0.910. The van der Waals surface area contributed by atoms with Crippen molar-refractivity contribution in [2.75, 3.05) is 0 Å². The van der Waals surface area contributed by atoms with Gasteiger partial charge in [-0.25, -0.2) is 0 Å². The van der Waals surface area contributed by atoms with Gasteiger partial charge in [0.2, 0.25) is 0 Å². The molecule has 0 N–H and O–H groups in total. The maximum absolute atomic E-state index is 6.43. The van der Waals surface area contributed by atoms with Crippen LogP contribution in [0.15, 0.2) is 272 Å². The highest BCUT2D eigenvalue weighted by Crippen LogP contribution is 2.45. The number of rotatable bonds is 9. The number of hydrogen-bond donors (Lipinski definition) is 0. The molecule has 368 valence electrons. The maximum Gasteiger partial charge on any atom is 0.143 e. The second kappa shape index (κ2) is 18.4. The van der Waals surface area contributed by atoms with Gasteiger partial charge in [-0.3, -0.25) is 0 Å². The molecule has 11 aromatic carbocycles. The minimum Gasteiger partial charge on any atom is -0.455 e. The molecular formula is C75H52N2O. The second-order valence-electron chi connectivity index (χ2n) is 20.6. The summed E-state index contributed by atoms with van der Waals surface area (Å²) in [7, 11) is 0. The van der Waals surface area contributed by atoms with Gasteiger partial charge in [0.1, 0.15) is 11.2 Å². The van der Waals surface area contributed by atoms with Gasteiger partial charge in [0.25, 0.3) is 0 Å². The van der Waals surface area contributed by atoms with Crippen molar-refractivity contribution in [3.63, 3.8) is 0 Å². The third-order valence-corrected chi connectivity index (χ3v) is 16.3. The first-order valence-electron chi connectivity index (χ1n) is 27.1. The van der Waals surface area contributed by atoms with Crippen LogP contribution in [0.4, 0.5) is 0 Å². The van der Waals surface area contributed by atoms with E-state index in [2.05, 4.69) is 265 Å². The van der Waals surface area contributed by atoms with Gasteiger partial charge in [0.05, 0.1) is 22.1 Å². The zero-order chi connectivity index (χ0) is 51.8. The third kappa shape index (κ3) is 7.27. The first-order valence-corrected chi connectivity index (χ1v) is 27.1. The molecule has 14 aromatic rings. The molecule has 0 saturated carbocycles. The Labute approximate surface area is 452 Å². The van der Waals surface area contributed by atoms with E-state index >= 15 is 0 Å². The summed E-state index contributed by atoms with van der Waals surface area (Å²) in [5, 5.41) is 12.3. The van der Waals surface area contributed by atoms with Crippen LogP contribution >= 0.6 is 0 Å². The highest BCUT2D eigenvalue weighted by molar-refractivity contribution is 6.28. The Bertz CT molecular complexity index is 4820. The van der Waals surface area contributed by atoms with Crippen molar-refractivity contribution in [3.05, 3.63) is 279 Å². The Hall–Kier alpha value is -9.96. The summed E-state index contributed by atoms with van der Waals surface area (Å²) in [5.74, 6) is 0. The largest absolute Gasteiger partial charge is 0.455 e. The maximum atomic E-state index is 6.43. The Morgan fingerprint density at radius 3 is 1.77 bits per heavy atom. The molecule has 0 aliphatic heterocycles. The predicted molar refractivity (Wildman–Crippen MR) is 333 cm³/mol. The summed E-state index contributed by atoms with van der Waals surface area (Å²) < 4.78 is 11.3. The van der Waals surface area contributed by atoms with Crippen LogP contribution in [-0.2, 0) is 0 Å². The standard InChI is InChI=1S/C75H52N2O/c1-3-5-19-57(4-2)76-68-28-14-12-24-64(68)65-41-38-54(47-71(65)76)59-20-10-11-21-60(59)56-44-55(45-58(46-56)77-69-42-39-51-17-6-8-22-61(51)73(69)74-62-23-9-7-18-52(62)40-43-70(74)77)50-32-30-48(31-33-50)49-34-36-53(37-35-49)63-26-16-27-67-66-25-13-15-29-72(66)78-75(63)67/h3-10,12-20,22-47H,2,11,21H2,1H3/b5-3-,57-19+. The number of benzene rings is 11. The Morgan fingerprint density at radius 1 is 0.474 bits per heavy atom. The quantitative estimate of drug-likeness (QED) is 0.132. The third-order valence-electron chi connectivity index (χ3n) is 16.3. The molecule has 78 heavy (non-hydrogen) atoms. The fourth-order valence-corrected chi connectivity index (χ4v) is 12.7. The fourth-order valence-electron chi connectivity index (χ4n) is 12.7. The van der Waals surface area contributed by atoms with E-state index in [1.54, 1.807) is 0 Å². The van der Waals surface area contributed by atoms with Crippen LogP contribution in [0.2, 0.25) is 0 Å². The first-order chi connectivity index (χ1) is 38.6. The number of hydrogen-bond acceptors (Lipinski definition) is 1. The van der Waals surface area contributed by atoms with Crippen LogP contribution in [0.5, 0.6) is 0 Å². The first kappa shape index (κ1) is 45.4. The lowest BCUT2D eigenvalue weighted by Crippen LogP contribution is -2.00. The van der Waals surface area contributed by atoms with E-state index < -0.39 is 0 Å². The van der Waals surface area contributed by atoms with Crippen molar-refractivity contribution in [1.82, 2.24) is 9.13 Å². The summed E-state index contributed by atoms with van der Waals surface area (Å²) in [6, 6.07) is 82.8. The Morgan fingerprint density at radius 2 is 1.06 bits per heavy atom. The summed E-state index contributed by atoms with van der Waals surface area (Å²) in [6.07, 6.45) is 14.9. The van der Waals surface area contributed by atoms with E-state index in [0.717, 1.165) is 73.9 Å². The van der Waals surface area contributed by atoms with Crippen molar-refractivity contribution in [2.45, 2.75) is 19.8 Å². The lowest BCUT2D eigenvalue weighted by Gasteiger charge is -2.20. The molecule has 0 amide bonds. The molecule has 1 aliphatic carbocycles. The van der Waals surface area contributed by atoms with Gasteiger partial charge < -0.3 is 13.6 Å². The summed E-state index contributed by atoms with van der Waals surface area (Å²) in [6.45, 7) is 6.33. The fraction of sp³-hybridized carbons (Fsp3) is 0.0400. The van der Waals surface area contributed by atoms with Gasteiger partial charge in [0.15, 0.2) is 0 Å². The smallest absolute Gasteiger partial charge is 0.143 e. The van der Waals surface area contributed by atoms with Gasteiger partial charge in [-0.15, -0.1) is 0 Å². The van der Waals surface area contributed by atoms with Gasteiger partial charge in [-0.05, 0) is 152 Å². The monoisotopic (exact) mass is 996 g/mol. The van der Waals surface area contributed by atoms with Crippen molar-refractivity contribution < 1.29 is 4.42 Å². The van der Waals surface area contributed by atoms with Crippen LogP contribution in [-0.4, -0.2) is 9.13 Å². The SMILES string of the molecule is C=C/C(=C\C=C/C)n1c2ccccc2c2ccc(C3=C(c4cc(-c5ccc(-c6ccc(-c7cccc8c7oc7ccccc78)cc6)cc5)cc(-n5c6ccc7ccccc7c6c6c7ccccc7ccc65)c4)CCC=C3)cc21. The number of nitrogens with zero attached hydrogens (tertiary/aromatic N) is 2. The topological polar surface area (TPSA) is 23.0 Å². The van der Waals surface area contributed by atoms with E-state index in [4.69, 9.17) is 4.42 Å².